The molecule has 0 fully saturated rings. The van der Waals surface area contributed by atoms with Gasteiger partial charge in [0.1, 0.15) is 5.69 Å². The highest BCUT2D eigenvalue weighted by Gasteiger charge is 2.21. The third kappa shape index (κ3) is 2.89. The predicted octanol–water partition coefficient (Wildman–Crippen LogP) is 2.15. The second-order valence-electron chi connectivity index (χ2n) is 5.14. The maximum Gasteiger partial charge on any atom is 0.288 e. The van der Waals surface area contributed by atoms with Crippen molar-refractivity contribution in [3.8, 4) is 5.69 Å². The molecule has 0 aliphatic carbocycles. The van der Waals surface area contributed by atoms with Gasteiger partial charge in [0, 0.05) is 19.8 Å². The van der Waals surface area contributed by atoms with Gasteiger partial charge in [0.05, 0.1) is 5.69 Å². The summed E-state index contributed by atoms with van der Waals surface area (Å²) < 4.78 is 1.72. The molecule has 0 radical (unpaired) electrons. The van der Waals surface area contributed by atoms with Gasteiger partial charge in [-0.05, 0) is 18.9 Å². The molecule has 0 spiro atoms. The standard InChI is InChI=1S/C14H19ClN6O/c1-7(2)9-6-8(3)20-21(9)10-11(15)18-13(14(22)17-5)19-12(10)16-4/h6-7H,1-5H3,(H,17,22)(H,16,18,19). The second kappa shape index (κ2) is 6.31. The zero-order valence-corrected chi connectivity index (χ0v) is 14.0. The first-order valence-electron chi connectivity index (χ1n) is 6.93. The van der Waals surface area contributed by atoms with Gasteiger partial charge < -0.3 is 10.6 Å². The highest BCUT2D eigenvalue weighted by molar-refractivity contribution is 6.31. The van der Waals surface area contributed by atoms with E-state index in [9.17, 15) is 4.79 Å². The van der Waals surface area contributed by atoms with Crippen LogP contribution in [-0.4, -0.2) is 39.8 Å². The van der Waals surface area contributed by atoms with Crippen molar-refractivity contribution in [2.45, 2.75) is 26.7 Å². The highest BCUT2D eigenvalue weighted by atomic mass is 35.5. The van der Waals surface area contributed by atoms with Crippen LogP contribution in [0, 0.1) is 6.92 Å². The Kier molecular flexibility index (Phi) is 4.65. The van der Waals surface area contributed by atoms with E-state index in [0.717, 1.165) is 11.4 Å². The molecule has 2 N–H and O–H groups in total. The quantitative estimate of drug-likeness (QED) is 0.842. The fraction of sp³-hybridized carbons (Fsp3) is 0.429. The molecular weight excluding hydrogens is 304 g/mol. The summed E-state index contributed by atoms with van der Waals surface area (Å²) in [5.74, 6) is 0.311. The molecule has 22 heavy (non-hydrogen) atoms. The summed E-state index contributed by atoms with van der Waals surface area (Å²) >= 11 is 6.30. The molecule has 7 nitrogen and oxygen atoms in total. The SMILES string of the molecule is CNC(=O)c1nc(Cl)c(-n2nc(C)cc2C(C)C)c(NC)n1. The van der Waals surface area contributed by atoms with Crippen LogP contribution in [0.2, 0.25) is 5.15 Å². The Hall–Kier alpha value is -2.15. The zero-order chi connectivity index (χ0) is 16.4. The van der Waals surface area contributed by atoms with Crippen molar-refractivity contribution in [3.63, 3.8) is 0 Å². The van der Waals surface area contributed by atoms with Crippen LogP contribution >= 0.6 is 11.6 Å². The van der Waals surface area contributed by atoms with E-state index in [2.05, 4.69) is 39.5 Å². The summed E-state index contributed by atoms with van der Waals surface area (Å²) in [5, 5.41) is 10.1. The number of carbonyl (C=O) groups excluding carboxylic acids is 1. The van der Waals surface area contributed by atoms with E-state index in [-0.39, 0.29) is 16.9 Å². The molecule has 0 saturated carbocycles. The van der Waals surface area contributed by atoms with E-state index in [4.69, 9.17) is 11.6 Å². The summed E-state index contributed by atoms with van der Waals surface area (Å²) in [6.07, 6.45) is 0. The van der Waals surface area contributed by atoms with Gasteiger partial charge in [-0.2, -0.15) is 5.10 Å². The third-order valence-electron chi connectivity index (χ3n) is 3.17. The van der Waals surface area contributed by atoms with Gasteiger partial charge in [0.25, 0.3) is 5.91 Å². The van der Waals surface area contributed by atoms with Gasteiger partial charge in [0.2, 0.25) is 5.82 Å². The monoisotopic (exact) mass is 322 g/mol. The molecule has 0 saturated heterocycles. The fourth-order valence-corrected chi connectivity index (χ4v) is 2.36. The lowest BCUT2D eigenvalue weighted by atomic mass is 10.1. The molecule has 1 amide bonds. The Morgan fingerprint density at radius 3 is 2.55 bits per heavy atom. The number of carbonyl (C=O) groups is 1. The summed E-state index contributed by atoms with van der Waals surface area (Å²) in [4.78, 5) is 20.0. The fourth-order valence-electron chi connectivity index (χ4n) is 2.11. The number of nitrogens with zero attached hydrogens (tertiary/aromatic N) is 4. The van der Waals surface area contributed by atoms with Crippen LogP contribution in [0.4, 0.5) is 5.82 Å². The number of halogens is 1. The Balaban J connectivity index is 2.68. The number of anilines is 1. The largest absolute Gasteiger partial charge is 0.371 e. The average molecular weight is 323 g/mol. The topological polar surface area (TPSA) is 84.7 Å². The van der Waals surface area contributed by atoms with Crippen molar-refractivity contribution in [3.05, 3.63) is 28.4 Å². The van der Waals surface area contributed by atoms with Crippen molar-refractivity contribution in [2.24, 2.45) is 0 Å². The first-order chi connectivity index (χ1) is 10.4. The normalized spacial score (nSPS) is 10.9. The molecule has 0 bridgehead atoms. The van der Waals surface area contributed by atoms with E-state index in [1.807, 2.05) is 13.0 Å². The Morgan fingerprint density at radius 1 is 1.32 bits per heavy atom. The molecule has 2 aromatic rings. The Bertz CT molecular complexity index is 710. The average Bonchev–Trinajstić information content (AvgIpc) is 2.87. The summed E-state index contributed by atoms with van der Waals surface area (Å²) in [6.45, 7) is 6.05. The lowest BCUT2D eigenvalue weighted by Crippen LogP contribution is -2.22. The number of hydrogen-bond acceptors (Lipinski definition) is 5. The molecule has 2 rings (SSSR count). The van der Waals surface area contributed by atoms with Crippen LogP contribution in [0.25, 0.3) is 5.69 Å². The maximum atomic E-state index is 11.7. The summed E-state index contributed by atoms with van der Waals surface area (Å²) in [5.41, 5.74) is 2.40. The molecule has 118 valence electrons. The maximum absolute atomic E-state index is 11.7. The van der Waals surface area contributed by atoms with Crippen LogP contribution in [0.5, 0.6) is 0 Å². The number of amides is 1. The van der Waals surface area contributed by atoms with E-state index >= 15 is 0 Å². The molecular formula is C14H19ClN6O. The molecule has 8 heteroatoms. The Morgan fingerprint density at radius 2 is 2.00 bits per heavy atom. The number of nitrogens with one attached hydrogen (secondary N) is 2. The van der Waals surface area contributed by atoms with E-state index in [0.29, 0.717) is 11.5 Å². The van der Waals surface area contributed by atoms with Gasteiger partial charge in [-0.15, -0.1) is 0 Å². The van der Waals surface area contributed by atoms with Crippen molar-refractivity contribution in [1.82, 2.24) is 25.1 Å². The van der Waals surface area contributed by atoms with Crippen molar-refractivity contribution >= 4 is 23.3 Å². The van der Waals surface area contributed by atoms with Crippen LogP contribution in [0.3, 0.4) is 0 Å². The lowest BCUT2D eigenvalue weighted by Gasteiger charge is -2.15. The third-order valence-corrected chi connectivity index (χ3v) is 3.43. The summed E-state index contributed by atoms with van der Waals surface area (Å²) in [7, 11) is 3.22. The van der Waals surface area contributed by atoms with Crippen molar-refractivity contribution in [1.29, 1.82) is 0 Å². The minimum Gasteiger partial charge on any atom is -0.371 e. The first kappa shape index (κ1) is 16.2. The zero-order valence-electron chi connectivity index (χ0n) is 13.2. The minimum atomic E-state index is -0.398. The number of hydrogen-bond donors (Lipinski definition) is 2. The van der Waals surface area contributed by atoms with E-state index in [1.54, 1.807) is 11.7 Å². The smallest absolute Gasteiger partial charge is 0.288 e. The molecule has 0 unspecified atom stereocenters. The number of aryl methyl sites for hydroxylation is 1. The van der Waals surface area contributed by atoms with Gasteiger partial charge in [-0.25, -0.2) is 14.6 Å². The van der Waals surface area contributed by atoms with Gasteiger partial charge in [0.15, 0.2) is 11.0 Å². The molecule has 0 atom stereocenters. The van der Waals surface area contributed by atoms with Crippen molar-refractivity contribution < 1.29 is 4.79 Å². The molecule has 0 aromatic carbocycles. The number of rotatable bonds is 4. The van der Waals surface area contributed by atoms with Crippen LogP contribution < -0.4 is 10.6 Å². The first-order valence-corrected chi connectivity index (χ1v) is 7.31. The highest BCUT2D eigenvalue weighted by Crippen LogP contribution is 2.29. The van der Waals surface area contributed by atoms with Gasteiger partial charge in [-0.1, -0.05) is 25.4 Å². The van der Waals surface area contributed by atoms with Crippen LogP contribution in [0.1, 0.15) is 41.8 Å². The number of aromatic nitrogens is 4. The minimum absolute atomic E-state index is 0.00979. The van der Waals surface area contributed by atoms with E-state index in [1.165, 1.54) is 7.05 Å². The molecule has 2 aromatic heterocycles. The second-order valence-corrected chi connectivity index (χ2v) is 5.50. The van der Waals surface area contributed by atoms with Crippen molar-refractivity contribution in [2.75, 3.05) is 19.4 Å². The summed E-state index contributed by atoms with van der Waals surface area (Å²) in [6, 6.07) is 1.99. The molecule has 2 heterocycles. The lowest BCUT2D eigenvalue weighted by molar-refractivity contribution is 0.0953. The Labute approximate surface area is 134 Å². The van der Waals surface area contributed by atoms with Crippen LogP contribution in [0.15, 0.2) is 6.07 Å². The molecule has 0 aliphatic heterocycles. The van der Waals surface area contributed by atoms with Gasteiger partial charge >= 0.3 is 0 Å². The van der Waals surface area contributed by atoms with E-state index < -0.39 is 5.91 Å². The van der Waals surface area contributed by atoms with Crippen LogP contribution in [-0.2, 0) is 0 Å². The molecule has 0 aliphatic rings. The van der Waals surface area contributed by atoms with Gasteiger partial charge in [-0.3, -0.25) is 4.79 Å². The predicted molar refractivity (Wildman–Crippen MR) is 85.9 cm³/mol.